The zero-order valence-corrected chi connectivity index (χ0v) is 6.81. The van der Waals surface area contributed by atoms with Crippen molar-refractivity contribution >= 4 is 5.82 Å². The minimum atomic E-state index is 0.376. The van der Waals surface area contributed by atoms with Crippen LogP contribution in [0.1, 0.15) is 18.9 Å². The van der Waals surface area contributed by atoms with Crippen LogP contribution in [0.15, 0.2) is 6.20 Å². The number of nitrogens with zero attached hydrogens (tertiary/aromatic N) is 3. The van der Waals surface area contributed by atoms with Gasteiger partial charge in [-0.3, -0.25) is 0 Å². The number of aromatic nitrogens is 3. The molecule has 0 spiro atoms. The highest BCUT2D eigenvalue weighted by Gasteiger charge is 2.17. The highest BCUT2D eigenvalue weighted by molar-refractivity contribution is 5.22. The van der Waals surface area contributed by atoms with Gasteiger partial charge in [-0.1, -0.05) is 5.21 Å². The van der Waals surface area contributed by atoms with Gasteiger partial charge >= 0.3 is 0 Å². The topological polar surface area (TPSA) is 66.0 Å². The molecule has 0 bridgehead atoms. The van der Waals surface area contributed by atoms with E-state index in [0.717, 1.165) is 26.1 Å². The van der Waals surface area contributed by atoms with Crippen LogP contribution < -0.4 is 5.73 Å². The van der Waals surface area contributed by atoms with Gasteiger partial charge in [-0.15, -0.1) is 5.10 Å². The second kappa shape index (κ2) is 3.10. The van der Waals surface area contributed by atoms with Crippen molar-refractivity contribution in [3.63, 3.8) is 0 Å². The molecular formula is C7H12N4O. The molecule has 1 saturated heterocycles. The third-order valence-corrected chi connectivity index (χ3v) is 2.14. The Labute approximate surface area is 70.5 Å². The molecule has 0 atom stereocenters. The molecule has 1 fully saturated rings. The summed E-state index contributed by atoms with van der Waals surface area (Å²) in [5.41, 5.74) is 5.67. The van der Waals surface area contributed by atoms with E-state index in [2.05, 4.69) is 10.3 Å². The Balaban J connectivity index is 2.13. The molecule has 0 saturated carbocycles. The zero-order chi connectivity index (χ0) is 8.39. The van der Waals surface area contributed by atoms with Crippen LogP contribution in [-0.4, -0.2) is 28.2 Å². The standard InChI is InChI=1S/C7H12N4O/c8-7-5-9-10-11(7)6-1-3-12-4-2-6/h5-6H,1-4,8H2. The first-order chi connectivity index (χ1) is 5.88. The molecule has 1 aliphatic heterocycles. The summed E-state index contributed by atoms with van der Waals surface area (Å²) in [6.45, 7) is 1.59. The van der Waals surface area contributed by atoms with E-state index in [4.69, 9.17) is 10.5 Å². The van der Waals surface area contributed by atoms with Gasteiger partial charge in [0, 0.05) is 13.2 Å². The Morgan fingerprint density at radius 2 is 2.25 bits per heavy atom. The molecule has 5 heteroatoms. The van der Waals surface area contributed by atoms with Crippen LogP contribution in [0, 0.1) is 0 Å². The SMILES string of the molecule is Nc1cnnn1C1CCOCC1. The lowest BCUT2D eigenvalue weighted by atomic mass is 10.1. The lowest BCUT2D eigenvalue weighted by Crippen LogP contribution is -2.21. The van der Waals surface area contributed by atoms with E-state index in [1.807, 2.05) is 0 Å². The molecule has 5 nitrogen and oxygen atoms in total. The van der Waals surface area contributed by atoms with Crippen molar-refractivity contribution < 1.29 is 4.74 Å². The van der Waals surface area contributed by atoms with Crippen molar-refractivity contribution in [3.8, 4) is 0 Å². The van der Waals surface area contributed by atoms with E-state index in [1.54, 1.807) is 10.9 Å². The van der Waals surface area contributed by atoms with E-state index >= 15 is 0 Å². The number of rotatable bonds is 1. The van der Waals surface area contributed by atoms with Crippen molar-refractivity contribution in [1.82, 2.24) is 15.0 Å². The Bertz CT molecular complexity index is 254. The summed E-state index contributed by atoms with van der Waals surface area (Å²) < 4.78 is 7.02. The second-order valence-electron chi connectivity index (χ2n) is 2.95. The summed E-state index contributed by atoms with van der Waals surface area (Å²) in [6.07, 6.45) is 3.54. The van der Waals surface area contributed by atoms with E-state index in [-0.39, 0.29) is 0 Å². The van der Waals surface area contributed by atoms with Gasteiger partial charge in [0.1, 0.15) is 5.82 Å². The Morgan fingerprint density at radius 3 is 2.83 bits per heavy atom. The molecule has 12 heavy (non-hydrogen) atoms. The smallest absolute Gasteiger partial charge is 0.142 e. The Hall–Kier alpha value is -1.10. The van der Waals surface area contributed by atoms with Gasteiger partial charge in [0.2, 0.25) is 0 Å². The molecule has 66 valence electrons. The van der Waals surface area contributed by atoms with Crippen molar-refractivity contribution in [1.29, 1.82) is 0 Å². The molecule has 2 rings (SSSR count). The number of nitrogen functional groups attached to an aromatic ring is 1. The average molecular weight is 168 g/mol. The fourth-order valence-electron chi connectivity index (χ4n) is 1.46. The van der Waals surface area contributed by atoms with Gasteiger partial charge in [0.15, 0.2) is 0 Å². The van der Waals surface area contributed by atoms with Crippen LogP contribution in [-0.2, 0) is 4.74 Å². The fourth-order valence-corrected chi connectivity index (χ4v) is 1.46. The van der Waals surface area contributed by atoms with Gasteiger partial charge in [0.05, 0.1) is 12.2 Å². The average Bonchev–Trinajstić information content (AvgIpc) is 2.53. The first-order valence-corrected chi connectivity index (χ1v) is 4.11. The summed E-state index contributed by atoms with van der Waals surface area (Å²) in [5.74, 6) is 0.641. The van der Waals surface area contributed by atoms with Gasteiger partial charge in [-0.25, -0.2) is 4.68 Å². The van der Waals surface area contributed by atoms with Crippen molar-refractivity contribution in [2.75, 3.05) is 18.9 Å². The van der Waals surface area contributed by atoms with Crippen LogP contribution in [0.5, 0.6) is 0 Å². The highest BCUT2D eigenvalue weighted by atomic mass is 16.5. The third-order valence-electron chi connectivity index (χ3n) is 2.14. The molecule has 0 radical (unpaired) electrons. The fraction of sp³-hybridized carbons (Fsp3) is 0.714. The monoisotopic (exact) mass is 168 g/mol. The molecule has 2 heterocycles. The molecule has 0 unspecified atom stereocenters. The summed E-state index contributed by atoms with van der Waals surface area (Å²) >= 11 is 0. The number of anilines is 1. The number of hydrogen-bond acceptors (Lipinski definition) is 4. The number of nitrogens with two attached hydrogens (primary N) is 1. The van der Waals surface area contributed by atoms with Gasteiger partial charge in [-0.2, -0.15) is 0 Å². The third kappa shape index (κ3) is 1.27. The van der Waals surface area contributed by atoms with Crippen LogP contribution in [0.2, 0.25) is 0 Å². The number of ether oxygens (including phenoxy) is 1. The Morgan fingerprint density at radius 1 is 1.50 bits per heavy atom. The lowest BCUT2D eigenvalue weighted by molar-refractivity contribution is 0.0663. The van der Waals surface area contributed by atoms with Crippen LogP contribution in [0.4, 0.5) is 5.82 Å². The highest BCUT2D eigenvalue weighted by Crippen LogP contribution is 2.21. The predicted molar refractivity (Wildman–Crippen MR) is 43.5 cm³/mol. The van der Waals surface area contributed by atoms with Gasteiger partial charge < -0.3 is 10.5 Å². The van der Waals surface area contributed by atoms with Gasteiger partial charge in [-0.05, 0) is 12.8 Å². The summed E-state index contributed by atoms with van der Waals surface area (Å²) in [5, 5.41) is 7.67. The second-order valence-corrected chi connectivity index (χ2v) is 2.95. The summed E-state index contributed by atoms with van der Waals surface area (Å²) in [4.78, 5) is 0. The quantitative estimate of drug-likeness (QED) is 0.651. The summed E-state index contributed by atoms with van der Waals surface area (Å²) in [7, 11) is 0. The normalized spacial score (nSPS) is 19.7. The molecule has 0 aromatic carbocycles. The van der Waals surface area contributed by atoms with E-state index < -0.39 is 0 Å². The molecule has 0 amide bonds. The molecule has 1 aromatic heterocycles. The van der Waals surface area contributed by atoms with Crippen molar-refractivity contribution in [2.24, 2.45) is 0 Å². The predicted octanol–water partition coefficient (Wildman–Crippen LogP) is 0.212. The maximum Gasteiger partial charge on any atom is 0.142 e. The first kappa shape index (κ1) is 7.54. The maximum atomic E-state index is 5.67. The minimum Gasteiger partial charge on any atom is -0.383 e. The summed E-state index contributed by atoms with van der Waals surface area (Å²) in [6, 6.07) is 0.376. The largest absolute Gasteiger partial charge is 0.383 e. The molecule has 1 aromatic rings. The van der Waals surface area contributed by atoms with Crippen LogP contribution >= 0.6 is 0 Å². The zero-order valence-electron chi connectivity index (χ0n) is 6.81. The van der Waals surface area contributed by atoms with Gasteiger partial charge in [0.25, 0.3) is 0 Å². The van der Waals surface area contributed by atoms with Crippen molar-refractivity contribution in [2.45, 2.75) is 18.9 Å². The maximum absolute atomic E-state index is 5.67. The lowest BCUT2D eigenvalue weighted by Gasteiger charge is -2.22. The molecule has 1 aliphatic rings. The molecule has 2 N–H and O–H groups in total. The minimum absolute atomic E-state index is 0.376. The van der Waals surface area contributed by atoms with Crippen LogP contribution in [0.25, 0.3) is 0 Å². The van der Waals surface area contributed by atoms with E-state index in [1.165, 1.54) is 0 Å². The van der Waals surface area contributed by atoms with Crippen LogP contribution in [0.3, 0.4) is 0 Å². The van der Waals surface area contributed by atoms with Crippen molar-refractivity contribution in [3.05, 3.63) is 6.20 Å². The van der Waals surface area contributed by atoms with E-state index in [0.29, 0.717) is 11.9 Å². The first-order valence-electron chi connectivity index (χ1n) is 4.11. The molecule has 0 aliphatic carbocycles. The Kier molecular flexibility index (Phi) is 1.95. The molecular weight excluding hydrogens is 156 g/mol. The number of hydrogen-bond donors (Lipinski definition) is 1. The van der Waals surface area contributed by atoms with E-state index in [9.17, 15) is 0 Å².